The molecule has 2 amide bonds. The molecule has 0 aliphatic carbocycles. The Morgan fingerprint density at radius 3 is 3.06 bits per heavy atom. The van der Waals surface area contributed by atoms with Crippen molar-refractivity contribution >= 4 is 11.7 Å². The monoisotopic (exact) mass is 251 g/mol. The minimum atomic E-state index is -0.348. The van der Waals surface area contributed by atoms with Crippen LogP contribution in [0.1, 0.15) is 12.8 Å². The Morgan fingerprint density at radius 1 is 1.50 bits per heavy atom. The Hall–Kier alpha value is -1.62. The highest BCUT2D eigenvalue weighted by molar-refractivity contribution is 5.89. The van der Waals surface area contributed by atoms with Gasteiger partial charge in [-0.15, -0.1) is 0 Å². The number of carbonyl (C=O) groups is 1. The summed E-state index contributed by atoms with van der Waals surface area (Å²) in [5, 5.41) is 5.90. The lowest BCUT2D eigenvalue weighted by Crippen LogP contribution is -2.48. The highest BCUT2D eigenvalue weighted by Crippen LogP contribution is 2.13. The molecule has 1 fully saturated rings. The number of piperidine rings is 1. The van der Waals surface area contributed by atoms with E-state index in [1.807, 2.05) is 7.05 Å². The summed E-state index contributed by atoms with van der Waals surface area (Å²) in [6.07, 6.45) is 2.07. The number of likely N-dealkylation sites (N-methyl/N-ethyl adjacent to an activating group) is 1. The van der Waals surface area contributed by atoms with Crippen molar-refractivity contribution in [1.29, 1.82) is 0 Å². The zero-order valence-electron chi connectivity index (χ0n) is 10.4. The van der Waals surface area contributed by atoms with Gasteiger partial charge in [0.05, 0.1) is 0 Å². The Balaban J connectivity index is 1.95. The zero-order valence-corrected chi connectivity index (χ0v) is 10.4. The lowest BCUT2D eigenvalue weighted by molar-refractivity contribution is 0.187. The molecule has 5 heteroatoms. The number of carbonyl (C=O) groups excluding carboxylic acids is 1. The van der Waals surface area contributed by atoms with Crippen LogP contribution in [-0.2, 0) is 0 Å². The fourth-order valence-corrected chi connectivity index (χ4v) is 2.17. The van der Waals surface area contributed by atoms with Gasteiger partial charge >= 0.3 is 6.03 Å². The number of nitrogens with one attached hydrogen (secondary N) is 2. The smallest absolute Gasteiger partial charge is 0.321 e. The van der Waals surface area contributed by atoms with E-state index in [4.69, 9.17) is 0 Å². The second kappa shape index (κ2) is 5.82. The Morgan fingerprint density at radius 2 is 2.33 bits per heavy atom. The molecule has 4 nitrogen and oxygen atoms in total. The van der Waals surface area contributed by atoms with Crippen molar-refractivity contribution in [3.8, 4) is 0 Å². The number of likely N-dealkylation sites (tertiary alicyclic amines) is 1. The maximum absolute atomic E-state index is 13.0. The Kier molecular flexibility index (Phi) is 4.15. The average Bonchev–Trinajstić information content (AvgIpc) is 2.39. The van der Waals surface area contributed by atoms with Gasteiger partial charge in [-0.1, -0.05) is 6.07 Å². The van der Waals surface area contributed by atoms with Gasteiger partial charge in [0.25, 0.3) is 0 Å². The van der Waals surface area contributed by atoms with Gasteiger partial charge in [0.1, 0.15) is 5.82 Å². The molecule has 1 aromatic rings. The molecule has 18 heavy (non-hydrogen) atoms. The predicted molar refractivity (Wildman–Crippen MR) is 69.1 cm³/mol. The lowest BCUT2D eigenvalue weighted by Gasteiger charge is -2.32. The Labute approximate surface area is 106 Å². The summed E-state index contributed by atoms with van der Waals surface area (Å²) >= 11 is 0. The molecule has 1 aromatic carbocycles. The molecule has 1 aliphatic rings. The molecule has 0 radical (unpaired) electrons. The first-order valence-electron chi connectivity index (χ1n) is 6.18. The standard InChI is InChI=1S/C13H18FN3O/c1-15-12-6-3-7-17(9-12)13(18)16-11-5-2-4-10(14)8-11/h2,4-5,8,12,15H,3,6-7,9H2,1H3,(H,16,18)/t12-/m1/s1. The number of hydrogen-bond acceptors (Lipinski definition) is 2. The van der Waals surface area contributed by atoms with Gasteiger partial charge in [-0.25, -0.2) is 9.18 Å². The van der Waals surface area contributed by atoms with Gasteiger partial charge in [-0.05, 0) is 38.1 Å². The highest BCUT2D eigenvalue weighted by Gasteiger charge is 2.22. The molecule has 1 atom stereocenters. The summed E-state index contributed by atoms with van der Waals surface area (Å²) in [4.78, 5) is 13.8. The van der Waals surface area contributed by atoms with Crippen molar-refractivity contribution < 1.29 is 9.18 Å². The van der Waals surface area contributed by atoms with Crippen LogP contribution in [0.3, 0.4) is 0 Å². The lowest BCUT2D eigenvalue weighted by atomic mass is 10.1. The van der Waals surface area contributed by atoms with E-state index in [0.717, 1.165) is 19.4 Å². The van der Waals surface area contributed by atoms with E-state index in [1.54, 1.807) is 17.0 Å². The van der Waals surface area contributed by atoms with Crippen molar-refractivity contribution in [3.05, 3.63) is 30.1 Å². The molecule has 2 N–H and O–H groups in total. The number of halogens is 1. The topological polar surface area (TPSA) is 44.4 Å². The van der Waals surface area contributed by atoms with Gasteiger partial charge in [0.2, 0.25) is 0 Å². The number of nitrogens with zero attached hydrogens (tertiary/aromatic N) is 1. The van der Waals surface area contributed by atoms with Gasteiger partial charge in [0, 0.05) is 24.8 Å². The zero-order chi connectivity index (χ0) is 13.0. The van der Waals surface area contributed by atoms with E-state index in [0.29, 0.717) is 18.3 Å². The molecule has 98 valence electrons. The molecule has 2 rings (SSSR count). The Bertz CT molecular complexity index is 424. The molecule has 1 aliphatic heterocycles. The van der Waals surface area contributed by atoms with Crippen LogP contribution in [0.4, 0.5) is 14.9 Å². The minimum Gasteiger partial charge on any atom is -0.323 e. The second-order valence-corrected chi connectivity index (χ2v) is 4.51. The highest BCUT2D eigenvalue weighted by atomic mass is 19.1. The van der Waals surface area contributed by atoms with Crippen LogP contribution in [0.2, 0.25) is 0 Å². The third-order valence-electron chi connectivity index (χ3n) is 3.19. The predicted octanol–water partition coefficient (Wildman–Crippen LogP) is 2.04. The van der Waals surface area contributed by atoms with E-state index in [2.05, 4.69) is 10.6 Å². The van der Waals surface area contributed by atoms with Crippen LogP contribution in [-0.4, -0.2) is 37.1 Å². The van der Waals surface area contributed by atoms with Crippen molar-refractivity contribution in [3.63, 3.8) is 0 Å². The van der Waals surface area contributed by atoms with E-state index >= 15 is 0 Å². The number of amides is 2. The van der Waals surface area contributed by atoms with Crippen molar-refractivity contribution in [2.45, 2.75) is 18.9 Å². The summed E-state index contributed by atoms with van der Waals surface area (Å²) < 4.78 is 13.0. The van der Waals surface area contributed by atoms with E-state index < -0.39 is 0 Å². The molecule has 0 saturated carbocycles. The first kappa shape index (κ1) is 12.8. The van der Waals surface area contributed by atoms with Gasteiger partial charge in [0.15, 0.2) is 0 Å². The number of urea groups is 1. The van der Waals surface area contributed by atoms with E-state index in [1.165, 1.54) is 12.1 Å². The third-order valence-corrected chi connectivity index (χ3v) is 3.19. The SMILES string of the molecule is CN[C@@H]1CCCN(C(=O)Nc2cccc(F)c2)C1. The largest absolute Gasteiger partial charge is 0.323 e. The summed E-state index contributed by atoms with van der Waals surface area (Å²) in [6, 6.07) is 6.11. The number of benzene rings is 1. The normalized spacial score (nSPS) is 19.7. The fraction of sp³-hybridized carbons (Fsp3) is 0.462. The first-order valence-corrected chi connectivity index (χ1v) is 6.18. The van der Waals surface area contributed by atoms with Crippen LogP contribution in [0.25, 0.3) is 0 Å². The molecule has 1 heterocycles. The van der Waals surface area contributed by atoms with Crippen LogP contribution in [0.15, 0.2) is 24.3 Å². The molecular weight excluding hydrogens is 233 g/mol. The summed E-state index contributed by atoms with van der Waals surface area (Å²) in [7, 11) is 1.90. The van der Waals surface area contributed by atoms with Crippen LogP contribution in [0, 0.1) is 5.82 Å². The van der Waals surface area contributed by atoms with Crippen molar-refractivity contribution in [2.75, 3.05) is 25.5 Å². The van der Waals surface area contributed by atoms with Crippen LogP contribution in [0.5, 0.6) is 0 Å². The number of anilines is 1. The molecule has 1 saturated heterocycles. The van der Waals surface area contributed by atoms with Crippen LogP contribution < -0.4 is 10.6 Å². The van der Waals surface area contributed by atoms with Crippen molar-refractivity contribution in [2.24, 2.45) is 0 Å². The molecule has 0 aromatic heterocycles. The molecule has 0 unspecified atom stereocenters. The number of hydrogen-bond donors (Lipinski definition) is 2. The first-order chi connectivity index (χ1) is 8.69. The van der Waals surface area contributed by atoms with E-state index in [-0.39, 0.29) is 11.8 Å². The van der Waals surface area contributed by atoms with E-state index in [9.17, 15) is 9.18 Å². The number of rotatable bonds is 2. The minimum absolute atomic E-state index is 0.166. The quantitative estimate of drug-likeness (QED) is 0.845. The average molecular weight is 251 g/mol. The molecular formula is C13H18FN3O. The van der Waals surface area contributed by atoms with Crippen molar-refractivity contribution in [1.82, 2.24) is 10.2 Å². The van der Waals surface area contributed by atoms with Gasteiger partial charge in [-0.3, -0.25) is 0 Å². The summed E-state index contributed by atoms with van der Waals surface area (Å²) in [5.74, 6) is -0.348. The molecule has 0 spiro atoms. The van der Waals surface area contributed by atoms with Gasteiger partial charge in [-0.2, -0.15) is 0 Å². The maximum Gasteiger partial charge on any atom is 0.321 e. The van der Waals surface area contributed by atoms with Gasteiger partial charge < -0.3 is 15.5 Å². The molecule has 0 bridgehead atoms. The second-order valence-electron chi connectivity index (χ2n) is 4.51. The summed E-state index contributed by atoms with van der Waals surface area (Å²) in [5.41, 5.74) is 0.492. The van der Waals surface area contributed by atoms with Crippen LogP contribution >= 0.6 is 0 Å². The fourth-order valence-electron chi connectivity index (χ4n) is 2.17. The third kappa shape index (κ3) is 3.20. The summed E-state index contributed by atoms with van der Waals surface area (Å²) in [6.45, 7) is 1.44. The maximum atomic E-state index is 13.0.